The number of hydrogen-bond acceptors (Lipinski definition) is 4. The van der Waals surface area contributed by atoms with E-state index in [9.17, 15) is 22.4 Å². The van der Waals surface area contributed by atoms with Crippen molar-refractivity contribution in [3.8, 4) is 0 Å². The van der Waals surface area contributed by atoms with Gasteiger partial charge in [-0.3, -0.25) is 13.9 Å². The highest BCUT2D eigenvalue weighted by molar-refractivity contribution is 7.92. The summed E-state index contributed by atoms with van der Waals surface area (Å²) >= 11 is 6.03. The third-order valence-corrected chi connectivity index (χ3v) is 8.05. The van der Waals surface area contributed by atoms with Gasteiger partial charge in [0, 0.05) is 18.1 Å². The van der Waals surface area contributed by atoms with Gasteiger partial charge < -0.3 is 10.2 Å². The lowest BCUT2D eigenvalue weighted by Gasteiger charge is -2.33. The highest BCUT2D eigenvalue weighted by Gasteiger charge is 2.33. The molecule has 0 aliphatic rings. The number of anilines is 1. The Labute approximate surface area is 228 Å². The van der Waals surface area contributed by atoms with E-state index in [1.165, 1.54) is 53.4 Å². The first kappa shape index (κ1) is 29.1. The minimum absolute atomic E-state index is 0.00616. The molecule has 7 nitrogen and oxygen atoms in total. The van der Waals surface area contributed by atoms with Gasteiger partial charge in [-0.25, -0.2) is 12.8 Å². The van der Waals surface area contributed by atoms with Gasteiger partial charge in [0.1, 0.15) is 18.4 Å². The van der Waals surface area contributed by atoms with Gasteiger partial charge in [-0.05, 0) is 74.4 Å². The molecule has 0 heterocycles. The van der Waals surface area contributed by atoms with Crippen molar-refractivity contribution < 1.29 is 22.4 Å². The summed E-state index contributed by atoms with van der Waals surface area (Å²) < 4.78 is 42.0. The maximum atomic E-state index is 13.8. The first-order chi connectivity index (χ1) is 18.1. The van der Waals surface area contributed by atoms with Crippen molar-refractivity contribution in [2.75, 3.05) is 17.4 Å². The van der Waals surface area contributed by atoms with Gasteiger partial charge in [0.2, 0.25) is 11.8 Å². The van der Waals surface area contributed by atoms with E-state index < -0.39 is 34.3 Å². The molecule has 0 aliphatic heterocycles. The zero-order valence-corrected chi connectivity index (χ0v) is 23.1. The molecule has 3 aromatic rings. The second-order valence-corrected chi connectivity index (χ2v) is 11.1. The van der Waals surface area contributed by atoms with Crippen LogP contribution in [0.5, 0.6) is 0 Å². The fourth-order valence-corrected chi connectivity index (χ4v) is 5.51. The molecule has 0 saturated heterocycles. The first-order valence-electron chi connectivity index (χ1n) is 12.2. The number of carbonyl (C=O) groups excluding carboxylic acids is 2. The predicted octanol–water partition coefficient (Wildman–Crippen LogP) is 4.93. The molecule has 10 heteroatoms. The van der Waals surface area contributed by atoms with Crippen LogP contribution in [0.15, 0.2) is 77.7 Å². The average molecular weight is 560 g/mol. The van der Waals surface area contributed by atoms with Gasteiger partial charge in [-0.2, -0.15) is 0 Å². The van der Waals surface area contributed by atoms with Crippen LogP contribution in [-0.4, -0.2) is 44.3 Å². The van der Waals surface area contributed by atoms with Crippen LogP contribution in [0.3, 0.4) is 0 Å². The molecule has 0 saturated carbocycles. The van der Waals surface area contributed by atoms with Gasteiger partial charge in [-0.1, -0.05) is 48.4 Å². The van der Waals surface area contributed by atoms with Gasteiger partial charge in [0.05, 0.1) is 10.6 Å². The second kappa shape index (κ2) is 12.9. The van der Waals surface area contributed by atoms with Crippen molar-refractivity contribution in [1.82, 2.24) is 10.2 Å². The second-order valence-electron chi connectivity index (χ2n) is 8.77. The Morgan fingerprint density at radius 3 is 2.11 bits per heavy atom. The maximum absolute atomic E-state index is 13.8. The van der Waals surface area contributed by atoms with Crippen molar-refractivity contribution in [3.63, 3.8) is 0 Å². The molecule has 0 spiro atoms. The number of aryl methyl sites for hydroxylation is 1. The number of hydrogen-bond donors (Lipinski definition) is 1. The van der Waals surface area contributed by atoms with Gasteiger partial charge in [0.15, 0.2) is 0 Å². The third-order valence-electron chi connectivity index (χ3n) is 6.01. The average Bonchev–Trinajstić information content (AvgIpc) is 2.89. The predicted molar refractivity (Wildman–Crippen MR) is 147 cm³/mol. The SMILES string of the molecule is CCNC(=O)[C@H](CC)N(Cc1ccc(F)cc1)C(=O)CN(c1ccc(Cl)cc1)S(=O)(=O)c1ccc(C)cc1. The highest BCUT2D eigenvalue weighted by atomic mass is 35.5. The minimum Gasteiger partial charge on any atom is -0.355 e. The zero-order valence-electron chi connectivity index (χ0n) is 21.5. The Hall–Kier alpha value is -3.43. The van der Waals surface area contributed by atoms with E-state index in [4.69, 9.17) is 11.6 Å². The molecule has 202 valence electrons. The van der Waals surface area contributed by atoms with Crippen LogP contribution < -0.4 is 9.62 Å². The van der Waals surface area contributed by atoms with E-state index >= 15 is 0 Å². The zero-order chi connectivity index (χ0) is 27.9. The summed E-state index contributed by atoms with van der Waals surface area (Å²) in [5.41, 5.74) is 1.73. The Bertz CT molecular complexity index is 1350. The van der Waals surface area contributed by atoms with E-state index in [0.717, 1.165) is 9.87 Å². The lowest BCUT2D eigenvalue weighted by Crippen LogP contribution is -2.52. The Balaban J connectivity index is 2.04. The number of likely N-dealkylation sites (N-methyl/N-ethyl adjacent to an activating group) is 1. The number of nitrogens with one attached hydrogen (secondary N) is 1. The van der Waals surface area contributed by atoms with Gasteiger partial charge in [0.25, 0.3) is 10.0 Å². The van der Waals surface area contributed by atoms with E-state index in [2.05, 4.69) is 5.32 Å². The molecule has 0 radical (unpaired) electrons. The molecule has 0 fully saturated rings. The molecular formula is C28H31ClFN3O4S. The fourth-order valence-electron chi connectivity index (χ4n) is 3.97. The number of amides is 2. The van der Waals surface area contributed by atoms with Crippen molar-refractivity contribution >= 4 is 39.1 Å². The summed E-state index contributed by atoms with van der Waals surface area (Å²) in [4.78, 5) is 28.1. The van der Waals surface area contributed by atoms with Crippen LogP contribution in [-0.2, 0) is 26.2 Å². The standard InChI is InChI=1S/C28H31ClFN3O4S/c1-4-26(28(35)31-5-2)32(18-21-8-12-23(30)13-9-21)27(34)19-33(24-14-10-22(29)11-15-24)38(36,37)25-16-6-20(3)7-17-25/h6-17,26H,4-5,18-19H2,1-3H3,(H,31,35)/t26-/m0/s1. The molecule has 0 unspecified atom stereocenters. The van der Waals surface area contributed by atoms with Crippen molar-refractivity contribution in [2.45, 2.75) is 44.7 Å². The smallest absolute Gasteiger partial charge is 0.264 e. The Morgan fingerprint density at radius 2 is 1.55 bits per heavy atom. The summed E-state index contributed by atoms with van der Waals surface area (Å²) in [5.74, 6) is -1.37. The molecule has 3 rings (SSSR count). The molecular weight excluding hydrogens is 529 g/mol. The van der Waals surface area contributed by atoms with Crippen LogP contribution in [0, 0.1) is 12.7 Å². The lowest BCUT2D eigenvalue weighted by atomic mass is 10.1. The van der Waals surface area contributed by atoms with E-state index in [-0.39, 0.29) is 23.0 Å². The molecule has 1 atom stereocenters. The summed E-state index contributed by atoms with van der Waals surface area (Å²) in [6, 6.07) is 17.2. The molecule has 0 aliphatic carbocycles. The number of carbonyl (C=O) groups is 2. The van der Waals surface area contributed by atoms with E-state index in [1.807, 2.05) is 6.92 Å². The van der Waals surface area contributed by atoms with Crippen LogP contribution >= 0.6 is 11.6 Å². The largest absolute Gasteiger partial charge is 0.355 e. The van der Waals surface area contributed by atoms with Gasteiger partial charge in [-0.15, -0.1) is 0 Å². The highest BCUT2D eigenvalue weighted by Crippen LogP contribution is 2.26. The van der Waals surface area contributed by atoms with Crippen LogP contribution in [0.1, 0.15) is 31.4 Å². The number of benzene rings is 3. The molecule has 3 aromatic carbocycles. The molecule has 0 aromatic heterocycles. The summed E-state index contributed by atoms with van der Waals surface area (Å²) in [6.07, 6.45) is 0.296. The van der Waals surface area contributed by atoms with Crippen molar-refractivity contribution in [2.24, 2.45) is 0 Å². The van der Waals surface area contributed by atoms with Crippen molar-refractivity contribution in [3.05, 3.63) is 94.8 Å². The number of nitrogens with zero attached hydrogens (tertiary/aromatic N) is 2. The summed E-state index contributed by atoms with van der Waals surface area (Å²) in [7, 11) is -4.16. The number of halogens is 2. The fraction of sp³-hybridized carbons (Fsp3) is 0.286. The molecule has 38 heavy (non-hydrogen) atoms. The number of sulfonamides is 1. The Morgan fingerprint density at radius 1 is 0.947 bits per heavy atom. The summed E-state index contributed by atoms with van der Waals surface area (Å²) in [6.45, 7) is 5.18. The van der Waals surface area contributed by atoms with Crippen LogP contribution in [0.25, 0.3) is 0 Å². The Kier molecular flexibility index (Phi) is 9.88. The molecule has 0 bridgehead atoms. The third kappa shape index (κ3) is 7.11. The molecule has 1 N–H and O–H groups in total. The summed E-state index contributed by atoms with van der Waals surface area (Å²) in [5, 5.41) is 3.15. The van der Waals surface area contributed by atoms with Crippen LogP contribution in [0.2, 0.25) is 5.02 Å². The molecule has 2 amide bonds. The van der Waals surface area contributed by atoms with E-state index in [0.29, 0.717) is 23.6 Å². The monoisotopic (exact) mass is 559 g/mol. The van der Waals surface area contributed by atoms with E-state index in [1.54, 1.807) is 38.1 Å². The van der Waals surface area contributed by atoms with Crippen LogP contribution in [0.4, 0.5) is 10.1 Å². The minimum atomic E-state index is -4.16. The maximum Gasteiger partial charge on any atom is 0.264 e. The number of rotatable bonds is 11. The quantitative estimate of drug-likeness (QED) is 0.361. The first-order valence-corrected chi connectivity index (χ1v) is 14.0. The van der Waals surface area contributed by atoms with Crippen molar-refractivity contribution in [1.29, 1.82) is 0 Å². The van der Waals surface area contributed by atoms with Gasteiger partial charge >= 0.3 is 0 Å². The normalized spacial score (nSPS) is 12.0. The lowest BCUT2D eigenvalue weighted by molar-refractivity contribution is -0.140. The topological polar surface area (TPSA) is 86.8 Å².